The van der Waals surface area contributed by atoms with Crippen molar-refractivity contribution in [1.29, 1.82) is 0 Å². The first-order chi connectivity index (χ1) is 10.7. The Balaban J connectivity index is 1.84. The normalized spacial score (nSPS) is 23.9. The minimum atomic E-state index is 0.209. The zero-order valence-electron chi connectivity index (χ0n) is 14.2. The second-order valence-corrected chi connectivity index (χ2v) is 6.57. The van der Waals surface area contributed by atoms with Crippen LogP contribution in [0, 0.1) is 11.8 Å². The van der Waals surface area contributed by atoms with Crippen LogP contribution < -0.4 is 5.32 Å². The van der Waals surface area contributed by atoms with E-state index in [-0.39, 0.29) is 5.91 Å². The minimum absolute atomic E-state index is 0.209. The maximum Gasteiger partial charge on any atom is 0.220 e. The van der Waals surface area contributed by atoms with Crippen molar-refractivity contribution in [2.75, 3.05) is 32.8 Å². The van der Waals surface area contributed by atoms with Crippen LogP contribution in [0.5, 0.6) is 0 Å². The summed E-state index contributed by atoms with van der Waals surface area (Å²) in [6, 6.07) is 0.446. The molecular formula is C18H32N2O2. The van der Waals surface area contributed by atoms with Gasteiger partial charge in [0.05, 0.1) is 13.2 Å². The van der Waals surface area contributed by atoms with Crippen molar-refractivity contribution in [3.8, 4) is 0 Å². The van der Waals surface area contributed by atoms with Crippen molar-refractivity contribution in [2.24, 2.45) is 11.8 Å². The molecule has 0 bridgehead atoms. The molecule has 0 aromatic rings. The lowest BCUT2D eigenvalue weighted by Crippen LogP contribution is -2.52. The molecule has 1 saturated heterocycles. The van der Waals surface area contributed by atoms with E-state index in [1.54, 1.807) is 0 Å². The molecule has 1 heterocycles. The van der Waals surface area contributed by atoms with E-state index in [1.807, 2.05) is 0 Å². The molecule has 2 unspecified atom stereocenters. The molecule has 126 valence electrons. The zero-order chi connectivity index (χ0) is 15.8. The Kier molecular flexibility index (Phi) is 7.40. The highest BCUT2D eigenvalue weighted by molar-refractivity contribution is 5.76. The third kappa shape index (κ3) is 5.10. The number of hydrogen-bond acceptors (Lipinski definition) is 3. The lowest BCUT2D eigenvalue weighted by Gasteiger charge is -2.38. The second kappa shape index (κ2) is 9.31. The van der Waals surface area contributed by atoms with Crippen molar-refractivity contribution in [3.63, 3.8) is 0 Å². The minimum Gasteiger partial charge on any atom is -0.379 e. The Hall–Kier alpha value is -0.870. The van der Waals surface area contributed by atoms with E-state index >= 15 is 0 Å². The fourth-order valence-electron chi connectivity index (χ4n) is 3.73. The summed E-state index contributed by atoms with van der Waals surface area (Å²) in [7, 11) is 0. The number of hydrogen-bond donors (Lipinski definition) is 1. The van der Waals surface area contributed by atoms with Crippen LogP contribution in [-0.2, 0) is 9.53 Å². The predicted octanol–water partition coefficient (Wildman–Crippen LogP) is 2.60. The van der Waals surface area contributed by atoms with Crippen LogP contribution in [0.2, 0.25) is 0 Å². The molecule has 1 aliphatic carbocycles. The first kappa shape index (κ1) is 17.5. The van der Waals surface area contributed by atoms with Crippen molar-refractivity contribution in [2.45, 2.75) is 52.0 Å². The summed E-state index contributed by atoms with van der Waals surface area (Å²) in [5.41, 5.74) is 0. The van der Waals surface area contributed by atoms with Crippen molar-refractivity contribution in [3.05, 3.63) is 12.2 Å². The summed E-state index contributed by atoms with van der Waals surface area (Å²) >= 11 is 0. The topological polar surface area (TPSA) is 41.6 Å². The van der Waals surface area contributed by atoms with Crippen LogP contribution in [0.4, 0.5) is 0 Å². The van der Waals surface area contributed by atoms with Gasteiger partial charge < -0.3 is 10.1 Å². The lowest BCUT2D eigenvalue weighted by molar-refractivity contribution is -0.122. The fourth-order valence-corrected chi connectivity index (χ4v) is 3.73. The van der Waals surface area contributed by atoms with Gasteiger partial charge in [-0.3, -0.25) is 9.69 Å². The number of morpholine rings is 1. The highest BCUT2D eigenvalue weighted by Gasteiger charge is 2.27. The fraction of sp³-hybridized carbons (Fsp3) is 0.833. The SMILES string of the molecule is CCC(CC)C(CNC(=O)CC1C=CCC1)N1CCOCC1. The molecule has 2 atom stereocenters. The van der Waals surface area contributed by atoms with Crippen LogP contribution in [0.1, 0.15) is 46.0 Å². The summed E-state index contributed by atoms with van der Waals surface area (Å²) in [6.45, 7) is 8.90. The standard InChI is InChI=1S/C18H32N2O2/c1-3-16(4-2)17(20-9-11-22-12-10-20)14-19-18(21)13-15-7-5-6-8-15/h5,7,15-17H,3-4,6,8-14H2,1-2H3,(H,19,21). The van der Waals surface area contributed by atoms with E-state index < -0.39 is 0 Å². The Morgan fingerprint density at radius 2 is 2.05 bits per heavy atom. The molecule has 1 fully saturated rings. The molecular weight excluding hydrogens is 276 g/mol. The van der Waals surface area contributed by atoms with Crippen molar-refractivity contribution < 1.29 is 9.53 Å². The molecule has 0 aromatic carbocycles. The monoisotopic (exact) mass is 308 g/mol. The molecule has 2 rings (SSSR count). The van der Waals surface area contributed by atoms with Gasteiger partial charge in [0.2, 0.25) is 5.91 Å². The van der Waals surface area contributed by atoms with Gasteiger partial charge in [0.1, 0.15) is 0 Å². The quantitative estimate of drug-likeness (QED) is 0.701. The molecule has 22 heavy (non-hydrogen) atoms. The summed E-state index contributed by atoms with van der Waals surface area (Å²) in [4.78, 5) is 14.7. The van der Waals surface area contributed by atoms with Gasteiger partial charge >= 0.3 is 0 Å². The number of rotatable bonds is 8. The van der Waals surface area contributed by atoms with Gasteiger partial charge in [0.15, 0.2) is 0 Å². The Morgan fingerprint density at radius 3 is 2.64 bits per heavy atom. The molecule has 4 nitrogen and oxygen atoms in total. The zero-order valence-corrected chi connectivity index (χ0v) is 14.2. The third-order valence-electron chi connectivity index (χ3n) is 5.18. The number of allylic oxidation sites excluding steroid dienone is 2. The molecule has 1 N–H and O–H groups in total. The van der Waals surface area contributed by atoms with Gasteiger partial charge in [-0.15, -0.1) is 0 Å². The summed E-state index contributed by atoms with van der Waals surface area (Å²) in [5.74, 6) is 1.31. The van der Waals surface area contributed by atoms with E-state index in [4.69, 9.17) is 4.74 Å². The summed E-state index contributed by atoms with van der Waals surface area (Å²) < 4.78 is 5.47. The molecule has 2 aliphatic rings. The number of nitrogens with zero attached hydrogens (tertiary/aromatic N) is 1. The van der Waals surface area contributed by atoms with Crippen molar-refractivity contribution >= 4 is 5.91 Å². The van der Waals surface area contributed by atoms with E-state index in [1.165, 1.54) is 12.8 Å². The van der Waals surface area contributed by atoms with Crippen LogP contribution in [0.15, 0.2) is 12.2 Å². The molecule has 4 heteroatoms. The second-order valence-electron chi connectivity index (χ2n) is 6.57. The van der Waals surface area contributed by atoms with E-state index in [0.717, 1.165) is 45.7 Å². The summed E-state index contributed by atoms with van der Waals surface area (Å²) in [5, 5.41) is 3.20. The van der Waals surface area contributed by atoms with Crippen LogP contribution in [0.3, 0.4) is 0 Å². The molecule has 0 spiro atoms. The maximum absolute atomic E-state index is 12.2. The van der Waals surface area contributed by atoms with Crippen LogP contribution in [0.25, 0.3) is 0 Å². The van der Waals surface area contributed by atoms with Gasteiger partial charge in [-0.2, -0.15) is 0 Å². The van der Waals surface area contributed by atoms with Gasteiger partial charge in [0, 0.05) is 32.1 Å². The highest BCUT2D eigenvalue weighted by Crippen LogP contribution is 2.21. The summed E-state index contributed by atoms with van der Waals surface area (Å²) in [6.07, 6.45) is 9.63. The first-order valence-electron chi connectivity index (χ1n) is 8.99. The maximum atomic E-state index is 12.2. The number of ether oxygens (including phenoxy) is 1. The van der Waals surface area contributed by atoms with Crippen molar-refractivity contribution in [1.82, 2.24) is 10.2 Å². The number of carbonyl (C=O) groups is 1. The molecule has 1 aliphatic heterocycles. The molecule has 0 aromatic heterocycles. The molecule has 0 radical (unpaired) electrons. The number of amides is 1. The Labute approximate surface area is 135 Å². The van der Waals surface area contributed by atoms with Gasteiger partial charge in [0.25, 0.3) is 0 Å². The van der Waals surface area contributed by atoms with E-state index in [2.05, 4.69) is 36.2 Å². The van der Waals surface area contributed by atoms with Crippen LogP contribution in [-0.4, -0.2) is 49.7 Å². The average Bonchev–Trinajstić information content (AvgIpc) is 3.05. The van der Waals surface area contributed by atoms with Gasteiger partial charge in [-0.1, -0.05) is 38.8 Å². The number of nitrogens with one attached hydrogen (secondary N) is 1. The third-order valence-corrected chi connectivity index (χ3v) is 5.18. The van der Waals surface area contributed by atoms with Gasteiger partial charge in [-0.05, 0) is 24.7 Å². The van der Waals surface area contributed by atoms with Crippen LogP contribution >= 0.6 is 0 Å². The Bertz CT molecular complexity index is 360. The lowest BCUT2D eigenvalue weighted by atomic mass is 9.92. The van der Waals surface area contributed by atoms with E-state index in [9.17, 15) is 4.79 Å². The van der Waals surface area contributed by atoms with Gasteiger partial charge in [-0.25, -0.2) is 0 Å². The molecule has 0 saturated carbocycles. The average molecular weight is 308 g/mol. The predicted molar refractivity (Wildman–Crippen MR) is 89.7 cm³/mol. The highest BCUT2D eigenvalue weighted by atomic mass is 16.5. The first-order valence-corrected chi connectivity index (χ1v) is 8.99. The Morgan fingerprint density at radius 1 is 1.32 bits per heavy atom. The smallest absolute Gasteiger partial charge is 0.220 e. The van der Waals surface area contributed by atoms with E-state index in [0.29, 0.717) is 24.3 Å². The largest absolute Gasteiger partial charge is 0.379 e. The number of carbonyl (C=O) groups excluding carboxylic acids is 1. The molecule has 1 amide bonds.